The highest BCUT2D eigenvalue weighted by molar-refractivity contribution is 7.91. The molecule has 3 heteroatoms. The van der Waals surface area contributed by atoms with Crippen LogP contribution in [0.4, 0.5) is 0 Å². The minimum absolute atomic E-state index is 0.0506. The fraction of sp³-hybridized carbons (Fsp3) is 0.333. The molecular weight excluding hydrogens is 280 g/mol. The van der Waals surface area contributed by atoms with Gasteiger partial charge in [-0.3, -0.25) is 0 Å². The van der Waals surface area contributed by atoms with Gasteiger partial charge in [0.25, 0.3) is 0 Å². The Balaban J connectivity index is 2.20. The number of benzene rings is 2. The van der Waals surface area contributed by atoms with Crippen molar-refractivity contribution in [2.45, 2.75) is 37.5 Å². The van der Waals surface area contributed by atoms with Crippen LogP contribution in [0, 0.1) is 0 Å². The van der Waals surface area contributed by atoms with Gasteiger partial charge in [0.15, 0.2) is 9.84 Å². The molecule has 0 spiro atoms. The van der Waals surface area contributed by atoms with Crippen LogP contribution in [-0.2, 0) is 21.7 Å². The maximum Gasteiger partial charge on any atom is 0.178 e. The van der Waals surface area contributed by atoms with Crippen LogP contribution in [0.1, 0.15) is 31.9 Å². The lowest BCUT2D eigenvalue weighted by Crippen LogP contribution is -2.14. The van der Waals surface area contributed by atoms with E-state index in [0.717, 1.165) is 11.1 Å². The van der Waals surface area contributed by atoms with Crippen molar-refractivity contribution in [3.05, 3.63) is 65.7 Å². The van der Waals surface area contributed by atoms with Gasteiger partial charge in [-0.1, -0.05) is 63.2 Å². The minimum atomic E-state index is -3.24. The van der Waals surface area contributed by atoms with E-state index in [1.54, 1.807) is 12.1 Å². The Morgan fingerprint density at radius 2 is 1.57 bits per heavy atom. The van der Waals surface area contributed by atoms with E-state index >= 15 is 0 Å². The molecule has 0 aliphatic rings. The summed E-state index contributed by atoms with van der Waals surface area (Å²) in [6.45, 7) is 6.26. The Labute approximate surface area is 127 Å². The molecule has 0 aliphatic carbocycles. The van der Waals surface area contributed by atoms with Gasteiger partial charge in [-0.05, 0) is 35.1 Å². The molecule has 0 unspecified atom stereocenters. The molecule has 2 aromatic rings. The van der Waals surface area contributed by atoms with E-state index in [1.807, 2.05) is 42.5 Å². The van der Waals surface area contributed by atoms with Crippen LogP contribution in [0.15, 0.2) is 59.5 Å². The average molecular weight is 302 g/mol. The van der Waals surface area contributed by atoms with Crippen molar-refractivity contribution in [3.8, 4) is 0 Å². The number of aryl methyl sites for hydroxylation is 1. The molecule has 0 radical (unpaired) electrons. The summed E-state index contributed by atoms with van der Waals surface area (Å²) in [5, 5.41) is 0. The summed E-state index contributed by atoms with van der Waals surface area (Å²) in [7, 11) is -3.24. The Morgan fingerprint density at radius 3 is 2.19 bits per heavy atom. The molecule has 2 rings (SSSR count). The standard InChI is InChI=1S/C18H22O2S/c1-18(2,3)16-10-7-11-17(14-16)21(19,20)13-12-15-8-5-4-6-9-15/h4-11,14H,12-13H2,1-3H3. The predicted octanol–water partition coefficient (Wildman–Crippen LogP) is 4.00. The molecule has 0 aromatic heterocycles. The first-order valence-electron chi connectivity index (χ1n) is 7.16. The van der Waals surface area contributed by atoms with E-state index in [2.05, 4.69) is 20.8 Å². The van der Waals surface area contributed by atoms with Crippen molar-refractivity contribution < 1.29 is 8.42 Å². The topological polar surface area (TPSA) is 34.1 Å². The first-order chi connectivity index (χ1) is 9.79. The van der Waals surface area contributed by atoms with Gasteiger partial charge in [0.1, 0.15) is 0 Å². The number of sulfone groups is 1. The zero-order chi connectivity index (χ0) is 15.5. The SMILES string of the molecule is CC(C)(C)c1cccc(S(=O)(=O)CCc2ccccc2)c1. The molecule has 0 aliphatic heterocycles. The van der Waals surface area contributed by atoms with Crippen molar-refractivity contribution in [2.75, 3.05) is 5.75 Å². The van der Waals surface area contributed by atoms with Crippen LogP contribution in [-0.4, -0.2) is 14.2 Å². The van der Waals surface area contributed by atoms with E-state index in [9.17, 15) is 8.42 Å². The lowest BCUT2D eigenvalue weighted by molar-refractivity contribution is 0.583. The monoisotopic (exact) mass is 302 g/mol. The van der Waals surface area contributed by atoms with Gasteiger partial charge in [-0.2, -0.15) is 0 Å². The van der Waals surface area contributed by atoms with Gasteiger partial charge >= 0.3 is 0 Å². The molecule has 112 valence electrons. The Bertz CT molecular complexity index is 695. The second-order valence-electron chi connectivity index (χ2n) is 6.33. The van der Waals surface area contributed by atoms with Gasteiger partial charge in [0.2, 0.25) is 0 Å². The van der Waals surface area contributed by atoms with E-state index < -0.39 is 9.84 Å². The zero-order valence-electron chi connectivity index (χ0n) is 12.8. The van der Waals surface area contributed by atoms with Gasteiger partial charge in [-0.25, -0.2) is 8.42 Å². The number of hydrogen-bond donors (Lipinski definition) is 0. The first kappa shape index (κ1) is 15.8. The molecule has 21 heavy (non-hydrogen) atoms. The summed E-state index contributed by atoms with van der Waals surface area (Å²) in [6, 6.07) is 17.0. The van der Waals surface area contributed by atoms with Crippen molar-refractivity contribution in [1.29, 1.82) is 0 Å². The largest absolute Gasteiger partial charge is 0.224 e. The molecule has 0 amide bonds. The lowest BCUT2D eigenvalue weighted by atomic mass is 9.87. The van der Waals surface area contributed by atoms with Crippen LogP contribution in [0.3, 0.4) is 0 Å². The van der Waals surface area contributed by atoms with Crippen molar-refractivity contribution in [3.63, 3.8) is 0 Å². The third kappa shape index (κ3) is 4.18. The summed E-state index contributed by atoms with van der Waals surface area (Å²) >= 11 is 0. The van der Waals surface area contributed by atoms with Crippen LogP contribution in [0.5, 0.6) is 0 Å². The maximum atomic E-state index is 12.5. The normalized spacial score (nSPS) is 12.3. The van der Waals surface area contributed by atoms with Gasteiger partial charge in [0.05, 0.1) is 10.6 Å². The lowest BCUT2D eigenvalue weighted by Gasteiger charge is -2.19. The average Bonchev–Trinajstić information content (AvgIpc) is 2.46. The molecule has 2 aromatic carbocycles. The summed E-state index contributed by atoms with van der Waals surface area (Å²) in [4.78, 5) is 0.422. The first-order valence-corrected chi connectivity index (χ1v) is 8.81. The molecule has 2 nitrogen and oxygen atoms in total. The smallest absolute Gasteiger partial charge is 0.178 e. The Hall–Kier alpha value is -1.61. The maximum absolute atomic E-state index is 12.5. The third-order valence-electron chi connectivity index (χ3n) is 3.56. The molecular formula is C18H22O2S. The van der Waals surface area contributed by atoms with Crippen molar-refractivity contribution in [2.24, 2.45) is 0 Å². The van der Waals surface area contributed by atoms with E-state index in [4.69, 9.17) is 0 Å². The van der Waals surface area contributed by atoms with Crippen LogP contribution in [0.25, 0.3) is 0 Å². The molecule has 0 fully saturated rings. The van der Waals surface area contributed by atoms with Crippen molar-refractivity contribution in [1.82, 2.24) is 0 Å². The highest BCUT2D eigenvalue weighted by Crippen LogP contribution is 2.25. The number of hydrogen-bond acceptors (Lipinski definition) is 2. The fourth-order valence-electron chi connectivity index (χ4n) is 2.17. The molecule has 0 N–H and O–H groups in total. The fourth-order valence-corrected chi connectivity index (χ4v) is 3.50. The van der Waals surface area contributed by atoms with Crippen molar-refractivity contribution >= 4 is 9.84 Å². The summed E-state index contributed by atoms with van der Waals surface area (Å²) < 4.78 is 25.0. The second kappa shape index (κ2) is 6.02. The van der Waals surface area contributed by atoms with Crippen LogP contribution in [0.2, 0.25) is 0 Å². The van der Waals surface area contributed by atoms with Crippen LogP contribution >= 0.6 is 0 Å². The highest BCUT2D eigenvalue weighted by atomic mass is 32.2. The van der Waals surface area contributed by atoms with Gasteiger partial charge in [-0.15, -0.1) is 0 Å². The zero-order valence-corrected chi connectivity index (χ0v) is 13.7. The van der Waals surface area contributed by atoms with Crippen LogP contribution < -0.4 is 0 Å². The van der Waals surface area contributed by atoms with E-state index in [-0.39, 0.29) is 11.2 Å². The molecule has 0 heterocycles. The van der Waals surface area contributed by atoms with Gasteiger partial charge < -0.3 is 0 Å². The predicted molar refractivity (Wildman–Crippen MR) is 87.3 cm³/mol. The summed E-state index contributed by atoms with van der Waals surface area (Å²) in [6.07, 6.45) is 0.545. The third-order valence-corrected chi connectivity index (χ3v) is 5.28. The highest BCUT2D eigenvalue weighted by Gasteiger charge is 2.19. The second-order valence-corrected chi connectivity index (χ2v) is 8.44. The minimum Gasteiger partial charge on any atom is -0.224 e. The Morgan fingerprint density at radius 1 is 0.905 bits per heavy atom. The molecule has 0 saturated heterocycles. The Kier molecular flexibility index (Phi) is 4.52. The molecule has 0 bridgehead atoms. The molecule has 0 atom stereocenters. The molecule has 0 saturated carbocycles. The van der Waals surface area contributed by atoms with E-state index in [0.29, 0.717) is 11.3 Å². The quantitative estimate of drug-likeness (QED) is 0.855. The van der Waals surface area contributed by atoms with Gasteiger partial charge in [0, 0.05) is 0 Å². The van der Waals surface area contributed by atoms with E-state index in [1.165, 1.54) is 0 Å². The summed E-state index contributed by atoms with van der Waals surface area (Å²) in [5.74, 6) is 0.143. The number of rotatable bonds is 4. The summed E-state index contributed by atoms with van der Waals surface area (Å²) in [5.41, 5.74) is 2.04.